The Labute approximate surface area is 255 Å². The van der Waals surface area contributed by atoms with Crippen molar-refractivity contribution < 1.29 is 24.1 Å². The van der Waals surface area contributed by atoms with Crippen LogP contribution in [0, 0.1) is 0 Å². The summed E-state index contributed by atoms with van der Waals surface area (Å²) in [7, 11) is 1.62. The van der Waals surface area contributed by atoms with Gasteiger partial charge >= 0.3 is 0 Å². The van der Waals surface area contributed by atoms with Crippen molar-refractivity contribution >= 4 is 0 Å². The van der Waals surface area contributed by atoms with E-state index >= 15 is 0 Å². The predicted molar refractivity (Wildman–Crippen MR) is 172 cm³/mol. The normalized spacial score (nSPS) is 22.9. The van der Waals surface area contributed by atoms with Gasteiger partial charge in [0.05, 0.1) is 0 Å². The standard InChI is InChI=1S/C35H71NO5/c1-4-6-8-10-12-14-16-18-20-22-24-26-28-39-33-32(37)31(30-36)41-35(38-3)34(33)40-29-27-25-23-21-19-17-15-13-11-9-7-5-2/h31-35,37H,4-30,36H2,1-3H3/t31-,32-,33+,34-,35+/m1/s1. The smallest absolute Gasteiger partial charge is 0.186 e. The van der Waals surface area contributed by atoms with Crippen LogP contribution >= 0.6 is 0 Å². The van der Waals surface area contributed by atoms with Crippen LogP contribution in [0.1, 0.15) is 168 Å². The second kappa shape index (κ2) is 28.5. The summed E-state index contributed by atoms with van der Waals surface area (Å²) < 4.78 is 24.0. The van der Waals surface area contributed by atoms with Gasteiger partial charge in [-0.15, -0.1) is 0 Å². The molecule has 1 fully saturated rings. The highest BCUT2D eigenvalue weighted by atomic mass is 16.7. The number of rotatable bonds is 30. The first kappa shape index (κ1) is 38.8. The highest BCUT2D eigenvalue weighted by Crippen LogP contribution is 2.27. The third-order valence-corrected chi connectivity index (χ3v) is 8.70. The molecule has 1 saturated heterocycles. The minimum absolute atomic E-state index is 0.227. The fourth-order valence-electron chi connectivity index (χ4n) is 5.97. The van der Waals surface area contributed by atoms with Gasteiger partial charge in [-0.3, -0.25) is 0 Å². The van der Waals surface area contributed by atoms with Crippen molar-refractivity contribution in [3.8, 4) is 0 Å². The molecule has 0 aromatic carbocycles. The zero-order valence-corrected chi connectivity index (χ0v) is 27.6. The van der Waals surface area contributed by atoms with E-state index in [2.05, 4.69) is 13.8 Å². The molecule has 3 N–H and O–H groups in total. The molecule has 1 aliphatic rings. The van der Waals surface area contributed by atoms with Crippen LogP contribution in [0.3, 0.4) is 0 Å². The van der Waals surface area contributed by atoms with Crippen LogP contribution in [0.4, 0.5) is 0 Å². The van der Waals surface area contributed by atoms with E-state index in [-0.39, 0.29) is 6.54 Å². The summed E-state index contributed by atoms with van der Waals surface area (Å²) in [6, 6.07) is 0. The molecule has 5 atom stereocenters. The molecule has 41 heavy (non-hydrogen) atoms. The molecule has 1 heterocycles. The largest absolute Gasteiger partial charge is 0.388 e. The molecule has 0 spiro atoms. The average molecular weight is 586 g/mol. The molecule has 0 aliphatic carbocycles. The fourth-order valence-corrected chi connectivity index (χ4v) is 5.97. The summed E-state index contributed by atoms with van der Waals surface area (Å²) in [5, 5.41) is 10.9. The topological polar surface area (TPSA) is 83.2 Å². The van der Waals surface area contributed by atoms with Crippen LogP contribution in [0.25, 0.3) is 0 Å². The molecule has 246 valence electrons. The number of unbranched alkanes of at least 4 members (excludes halogenated alkanes) is 22. The van der Waals surface area contributed by atoms with Gasteiger partial charge in [0.25, 0.3) is 0 Å². The van der Waals surface area contributed by atoms with Crippen LogP contribution in [0.15, 0.2) is 0 Å². The maximum Gasteiger partial charge on any atom is 0.186 e. The SMILES string of the molecule is CCCCCCCCCCCCCCO[C@H]1[C@@H](OC)O[C@H](CN)[C@@H](O)[C@@H]1OCCCCCCCCCCCCCC. The van der Waals surface area contributed by atoms with Crippen molar-refractivity contribution in [1.29, 1.82) is 0 Å². The molecule has 6 heteroatoms. The zero-order chi connectivity index (χ0) is 29.8. The summed E-state index contributed by atoms with van der Waals surface area (Å²) in [6.45, 7) is 6.02. The second-order valence-electron chi connectivity index (χ2n) is 12.5. The third-order valence-electron chi connectivity index (χ3n) is 8.70. The van der Waals surface area contributed by atoms with Gasteiger partial charge < -0.3 is 29.8 Å². The van der Waals surface area contributed by atoms with Gasteiger partial charge in [-0.2, -0.15) is 0 Å². The lowest BCUT2D eigenvalue weighted by molar-refractivity contribution is -0.304. The Morgan fingerprint density at radius 2 is 0.878 bits per heavy atom. The summed E-state index contributed by atoms with van der Waals surface area (Å²) in [5.74, 6) is 0. The van der Waals surface area contributed by atoms with Crippen LogP contribution in [-0.2, 0) is 18.9 Å². The molecule has 0 radical (unpaired) electrons. The van der Waals surface area contributed by atoms with E-state index in [9.17, 15) is 5.11 Å². The summed E-state index contributed by atoms with van der Waals surface area (Å²) in [5.41, 5.74) is 5.88. The maximum absolute atomic E-state index is 10.9. The zero-order valence-electron chi connectivity index (χ0n) is 27.6. The molecule has 0 saturated carbocycles. The predicted octanol–water partition coefficient (Wildman–Crippen LogP) is 8.85. The summed E-state index contributed by atoms with van der Waals surface area (Å²) >= 11 is 0. The molecular formula is C35H71NO5. The Balaban J connectivity index is 2.21. The Bertz CT molecular complexity index is 537. The second-order valence-corrected chi connectivity index (χ2v) is 12.5. The lowest BCUT2D eigenvalue weighted by Gasteiger charge is -2.43. The number of ether oxygens (including phenoxy) is 4. The van der Waals surface area contributed by atoms with E-state index < -0.39 is 30.7 Å². The first-order valence-corrected chi connectivity index (χ1v) is 18.0. The van der Waals surface area contributed by atoms with Gasteiger partial charge in [0, 0.05) is 26.9 Å². The molecule has 0 aromatic rings. The fraction of sp³-hybridized carbons (Fsp3) is 1.00. The van der Waals surface area contributed by atoms with Crippen molar-refractivity contribution in [3.63, 3.8) is 0 Å². The van der Waals surface area contributed by atoms with E-state index in [1.165, 1.54) is 135 Å². The lowest BCUT2D eigenvalue weighted by atomic mass is 9.98. The van der Waals surface area contributed by atoms with Crippen LogP contribution in [0.2, 0.25) is 0 Å². The first-order chi connectivity index (χ1) is 20.2. The number of nitrogens with two attached hydrogens (primary N) is 1. The lowest BCUT2D eigenvalue weighted by Crippen LogP contribution is -2.61. The highest BCUT2D eigenvalue weighted by molar-refractivity contribution is 4.92. The molecular weight excluding hydrogens is 514 g/mol. The van der Waals surface area contributed by atoms with Crippen molar-refractivity contribution in [2.75, 3.05) is 26.9 Å². The minimum atomic E-state index is -0.810. The van der Waals surface area contributed by atoms with Crippen molar-refractivity contribution in [2.24, 2.45) is 5.73 Å². The van der Waals surface area contributed by atoms with Crippen LogP contribution in [0.5, 0.6) is 0 Å². The summed E-state index contributed by atoms with van der Waals surface area (Å²) in [6.07, 6.45) is 28.7. The van der Waals surface area contributed by atoms with Gasteiger partial charge in [-0.25, -0.2) is 0 Å². The minimum Gasteiger partial charge on any atom is -0.388 e. The Hall–Kier alpha value is -0.240. The Morgan fingerprint density at radius 3 is 1.22 bits per heavy atom. The Kier molecular flexibility index (Phi) is 27.0. The van der Waals surface area contributed by atoms with Crippen molar-refractivity contribution in [1.82, 2.24) is 0 Å². The van der Waals surface area contributed by atoms with E-state index in [0.29, 0.717) is 13.2 Å². The van der Waals surface area contributed by atoms with Gasteiger partial charge in [0.1, 0.15) is 24.4 Å². The monoisotopic (exact) mass is 586 g/mol. The number of hydrogen-bond donors (Lipinski definition) is 2. The molecule has 0 amide bonds. The van der Waals surface area contributed by atoms with Crippen LogP contribution < -0.4 is 5.73 Å². The van der Waals surface area contributed by atoms with Gasteiger partial charge in [-0.1, -0.05) is 155 Å². The van der Waals surface area contributed by atoms with E-state index in [4.69, 9.17) is 24.7 Å². The van der Waals surface area contributed by atoms with E-state index in [1.807, 2.05) is 0 Å². The van der Waals surface area contributed by atoms with E-state index in [1.54, 1.807) is 7.11 Å². The van der Waals surface area contributed by atoms with Gasteiger partial charge in [-0.05, 0) is 12.8 Å². The Morgan fingerprint density at radius 1 is 0.537 bits per heavy atom. The summed E-state index contributed by atoms with van der Waals surface area (Å²) in [4.78, 5) is 0. The molecule has 6 nitrogen and oxygen atoms in total. The van der Waals surface area contributed by atoms with Crippen molar-refractivity contribution in [3.05, 3.63) is 0 Å². The van der Waals surface area contributed by atoms with Gasteiger partial charge in [0.15, 0.2) is 6.29 Å². The maximum atomic E-state index is 10.9. The van der Waals surface area contributed by atoms with Gasteiger partial charge in [0.2, 0.25) is 0 Å². The quantitative estimate of drug-likeness (QED) is 0.0819. The number of aliphatic hydroxyl groups is 1. The molecule has 0 bridgehead atoms. The number of hydrogen-bond acceptors (Lipinski definition) is 6. The van der Waals surface area contributed by atoms with Crippen molar-refractivity contribution in [2.45, 2.75) is 199 Å². The number of aliphatic hydroxyl groups excluding tert-OH is 1. The third kappa shape index (κ3) is 19.6. The van der Waals surface area contributed by atoms with Crippen LogP contribution in [-0.4, -0.2) is 62.7 Å². The molecule has 1 aliphatic heterocycles. The average Bonchev–Trinajstić information content (AvgIpc) is 2.98. The number of methoxy groups -OCH3 is 1. The van der Waals surface area contributed by atoms with E-state index in [0.717, 1.165) is 19.3 Å². The molecule has 0 unspecified atom stereocenters. The highest BCUT2D eigenvalue weighted by Gasteiger charge is 2.46. The molecule has 1 rings (SSSR count). The first-order valence-electron chi connectivity index (χ1n) is 18.0. The molecule has 0 aromatic heterocycles.